The number of carbonyl (C=O) groups is 1. The maximum atomic E-state index is 13.3. The van der Waals surface area contributed by atoms with Crippen LogP contribution in [0.4, 0.5) is 23.8 Å². The van der Waals surface area contributed by atoms with Crippen LogP contribution < -0.4 is 10.6 Å². The number of carbonyl (C=O) groups excluding carboxylic acids is 1. The molecule has 2 heterocycles. The van der Waals surface area contributed by atoms with Gasteiger partial charge in [0.15, 0.2) is 0 Å². The first-order valence-electron chi connectivity index (χ1n) is 6.97. The molecule has 10 heteroatoms. The lowest BCUT2D eigenvalue weighted by Gasteiger charge is -2.29. The minimum absolute atomic E-state index is 0.255. The first kappa shape index (κ1) is 17.7. The van der Waals surface area contributed by atoms with Gasteiger partial charge in [0.05, 0.1) is 0 Å². The van der Waals surface area contributed by atoms with E-state index < -0.39 is 36.6 Å². The predicted octanol–water partition coefficient (Wildman–Crippen LogP) is 1.78. The molecule has 130 valence electrons. The Morgan fingerprint density at radius 1 is 1.29 bits per heavy atom. The number of pyridine rings is 1. The topological polar surface area (TPSA) is 92.1 Å². The molecule has 24 heavy (non-hydrogen) atoms. The number of amides is 2. The van der Waals surface area contributed by atoms with Gasteiger partial charge >= 0.3 is 12.2 Å². The highest BCUT2D eigenvalue weighted by Gasteiger charge is 2.57. The van der Waals surface area contributed by atoms with Crippen molar-refractivity contribution in [3.63, 3.8) is 0 Å². The van der Waals surface area contributed by atoms with Crippen LogP contribution >= 0.6 is 0 Å². The van der Waals surface area contributed by atoms with Gasteiger partial charge < -0.3 is 15.0 Å². The first-order chi connectivity index (χ1) is 11.2. The van der Waals surface area contributed by atoms with Gasteiger partial charge in [0, 0.05) is 38.6 Å². The van der Waals surface area contributed by atoms with Crippen molar-refractivity contribution in [2.45, 2.75) is 18.2 Å². The molecule has 1 atom stereocenters. The predicted molar refractivity (Wildman–Crippen MR) is 79.0 cm³/mol. The number of halogens is 3. The molecule has 0 aliphatic heterocycles. The van der Waals surface area contributed by atoms with Crippen molar-refractivity contribution in [2.24, 2.45) is 7.05 Å². The van der Waals surface area contributed by atoms with Crippen LogP contribution in [-0.4, -0.2) is 38.4 Å². The number of aromatic nitrogens is 3. The normalized spacial score (nSPS) is 14.0. The second-order valence-corrected chi connectivity index (χ2v) is 5.07. The largest absolute Gasteiger partial charge is 0.424 e. The van der Waals surface area contributed by atoms with Crippen molar-refractivity contribution in [3.8, 4) is 0 Å². The van der Waals surface area contributed by atoms with Crippen LogP contribution in [0.15, 0.2) is 36.8 Å². The Bertz CT molecular complexity index is 689. The summed E-state index contributed by atoms with van der Waals surface area (Å²) in [7, 11) is 1.35. The van der Waals surface area contributed by atoms with E-state index in [2.05, 4.69) is 20.6 Å². The van der Waals surface area contributed by atoms with Crippen molar-refractivity contribution in [2.75, 3.05) is 11.9 Å². The fraction of sp³-hybridized carbons (Fsp3) is 0.357. The molecule has 0 unspecified atom stereocenters. The number of aryl methyl sites for hydroxylation is 1. The standard InChI is InChI=1S/C14H16F3N5O2/c1-22-9-8-19-11(22)13(24,14(15,16)17)5-7-20-12(23)21-10-4-2-3-6-18-10/h2-4,6,8-9,24H,5,7H2,1H3,(H2,18,20,21,23)/t13-/m0/s1. The number of nitrogens with one attached hydrogen (secondary N) is 2. The van der Waals surface area contributed by atoms with E-state index in [4.69, 9.17) is 0 Å². The van der Waals surface area contributed by atoms with Crippen molar-refractivity contribution in [1.29, 1.82) is 0 Å². The van der Waals surface area contributed by atoms with Gasteiger partial charge in [-0.25, -0.2) is 14.8 Å². The molecule has 2 aromatic rings. The van der Waals surface area contributed by atoms with Crippen molar-refractivity contribution in [1.82, 2.24) is 19.9 Å². The highest BCUT2D eigenvalue weighted by molar-refractivity contribution is 5.88. The monoisotopic (exact) mass is 343 g/mol. The summed E-state index contributed by atoms with van der Waals surface area (Å²) in [4.78, 5) is 19.1. The molecule has 0 bridgehead atoms. The molecule has 2 rings (SSSR count). The summed E-state index contributed by atoms with van der Waals surface area (Å²) < 4.78 is 40.9. The van der Waals surface area contributed by atoms with Gasteiger partial charge in [-0.1, -0.05) is 6.07 Å². The van der Waals surface area contributed by atoms with Crippen molar-refractivity contribution >= 4 is 11.8 Å². The molecule has 0 aliphatic rings. The van der Waals surface area contributed by atoms with Gasteiger partial charge in [0.1, 0.15) is 11.6 Å². The second-order valence-electron chi connectivity index (χ2n) is 5.07. The lowest BCUT2D eigenvalue weighted by Crippen LogP contribution is -2.47. The number of hydrogen-bond acceptors (Lipinski definition) is 4. The third-order valence-electron chi connectivity index (χ3n) is 3.34. The summed E-state index contributed by atoms with van der Waals surface area (Å²) >= 11 is 0. The minimum Gasteiger partial charge on any atom is -0.374 e. The van der Waals surface area contributed by atoms with Crippen LogP contribution in [0.1, 0.15) is 12.2 Å². The Balaban J connectivity index is 1.99. The minimum atomic E-state index is -4.94. The molecule has 7 nitrogen and oxygen atoms in total. The van der Waals surface area contributed by atoms with Crippen LogP contribution in [0, 0.1) is 0 Å². The number of aliphatic hydroxyl groups is 1. The van der Waals surface area contributed by atoms with Crippen molar-refractivity contribution in [3.05, 3.63) is 42.6 Å². The van der Waals surface area contributed by atoms with E-state index in [1.807, 2.05) is 0 Å². The highest BCUT2D eigenvalue weighted by Crippen LogP contribution is 2.40. The van der Waals surface area contributed by atoms with E-state index in [0.717, 1.165) is 10.8 Å². The molecule has 0 fully saturated rings. The Morgan fingerprint density at radius 2 is 2.04 bits per heavy atom. The number of alkyl halides is 3. The molecule has 3 N–H and O–H groups in total. The summed E-state index contributed by atoms with van der Waals surface area (Å²) in [6.07, 6.45) is -1.80. The molecule has 2 amide bonds. The van der Waals surface area contributed by atoms with E-state index >= 15 is 0 Å². The Kier molecular flexibility index (Phi) is 5.07. The van der Waals surface area contributed by atoms with E-state index in [1.54, 1.807) is 12.1 Å². The molecule has 0 aliphatic carbocycles. The number of urea groups is 1. The van der Waals surface area contributed by atoms with Crippen LogP contribution in [0.5, 0.6) is 0 Å². The van der Waals surface area contributed by atoms with Gasteiger partial charge in [-0.3, -0.25) is 5.32 Å². The quantitative estimate of drug-likeness (QED) is 0.772. The zero-order chi connectivity index (χ0) is 17.8. The number of hydrogen-bond donors (Lipinski definition) is 3. The molecular formula is C14H16F3N5O2. The van der Waals surface area contributed by atoms with E-state index in [1.165, 1.54) is 25.5 Å². The van der Waals surface area contributed by atoms with Crippen LogP contribution in [-0.2, 0) is 12.6 Å². The Labute approximate surface area is 135 Å². The second kappa shape index (κ2) is 6.87. The molecule has 2 aromatic heterocycles. The van der Waals surface area contributed by atoms with E-state index in [0.29, 0.717) is 0 Å². The van der Waals surface area contributed by atoms with Gasteiger partial charge in [0.2, 0.25) is 5.60 Å². The summed E-state index contributed by atoms with van der Waals surface area (Å²) in [5.41, 5.74) is -3.16. The van der Waals surface area contributed by atoms with Gasteiger partial charge in [-0.15, -0.1) is 0 Å². The smallest absolute Gasteiger partial charge is 0.374 e. The van der Waals surface area contributed by atoms with Gasteiger partial charge in [-0.05, 0) is 12.1 Å². The summed E-state index contributed by atoms with van der Waals surface area (Å²) in [5.74, 6) is -0.285. The Morgan fingerprint density at radius 3 is 2.58 bits per heavy atom. The molecule has 0 spiro atoms. The molecule has 0 aromatic carbocycles. The third kappa shape index (κ3) is 3.82. The van der Waals surface area contributed by atoms with E-state index in [-0.39, 0.29) is 5.82 Å². The lowest BCUT2D eigenvalue weighted by molar-refractivity contribution is -0.272. The Hall–Kier alpha value is -2.62. The third-order valence-corrected chi connectivity index (χ3v) is 3.34. The average molecular weight is 343 g/mol. The lowest BCUT2D eigenvalue weighted by atomic mass is 9.97. The maximum absolute atomic E-state index is 13.3. The fourth-order valence-corrected chi connectivity index (χ4v) is 2.10. The highest BCUT2D eigenvalue weighted by atomic mass is 19.4. The summed E-state index contributed by atoms with van der Waals surface area (Å²) in [6.45, 7) is -0.415. The molecule has 0 saturated carbocycles. The van der Waals surface area contributed by atoms with Crippen molar-refractivity contribution < 1.29 is 23.1 Å². The van der Waals surface area contributed by atoms with Crippen LogP contribution in [0.2, 0.25) is 0 Å². The van der Waals surface area contributed by atoms with Crippen LogP contribution in [0.3, 0.4) is 0 Å². The number of rotatable bonds is 5. The van der Waals surface area contributed by atoms with Gasteiger partial charge in [-0.2, -0.15) is 13.2 Å². The zero-order valence-electron chi connectivity index (χ0n) is 12.7. The number of anilines is 1. The maximum Gasteiger partial charge on any atom is 0.424 e. The molecule has 0 saturated heterocycles. The number of imidazole rings is 1. The van der Waals surface area contributed by atoms with Gasteiger partial charge in [0.25, 0.3) is 0 Å². The summed E-state index contributed by atoms with van der Waals surface area (Å²) in [5, 5.41) is 14.7. The molecule has 0 radical (unpaired) electrons. The fourth-order valence-electron chi connectivity index (χ4n) is 2.10. The molecular weight excluding hydrogens is 327 g/mol. The number of nitrogens with zero attached hydrogens (tertiary/aromatic N) is 3. The average Bonchev–Trinajstić information content (AvgIpc) is 2.93. The first-order valence-corrected chi connectivity index (χ1v) is 6.97. The SMILES string of the molecule is Cn1ccnc1[C@@](O)(CCNC(=O)Nc1ccccn1)C(F)(F)F. The zero-order valence-corrected chi connectivity index (χ0v) is 12.7. The van der Waals surface area contributed by atoms with Crippen LogP contribution in [0.25, 0.3) is 0 Å². The summed E-state index contributed by atoms with van der Waals surface area (Å²) in [6, 6.07) is 4.10. The van der Waals surface area contributed by atoms with E-state index in [9.17, 15) is 23.1 Å².